The fraction of sp³-hybridized carbons (Fsp3) is 0.200. The molecule has 3 heterocycles. The molecule has 0 N–H and O–H groups in total. The van der Waals surface area contributed by atoms with E-state index in [1.54, 1.807) is 11.3 Å². The molecule has 0 bridgehead atoms. The Morgan fingerprint density at radius 2 is 1.71 bits per heavy atom. The van der Waals surface area contributed by atoms with Gasteiger partial charge >= 0.3 is 0 Å². The number of benzene rings is 3. The largest absolute Gasteiger partial charge is 0.455 e. The average Bonchev–Trinajstić information content (AvgIpc) is 3.37. The van der Waals surface area contributed by atoms with E-state index in [1.165, 1.54) is 16.7 Å². The van der Waals surface area contributed by atoms with Gasteiger partial charge in [-0.15, -0.1) is 11.3 Å². The first kappa shape index (κ1) is 19.9. The van der Waals surface area contributed by atoms with Crippen molar-refractivity contribution in [3.05, 3.63) is 82.5 Å². The zero-order valence-corrected chi connectivity index (χ0v) is 20.8. The summed E-state index contributed by atoms with van der Waals surface area (Å²) in [7, 11) is 0. The molecule has 0 saturated heterocycles. The molecule has 0 aliphatic heterocycles. The van der Waals surface area contributed by atoms with Crippen molar-refractivity contribution >= 4 is 43.5 Å². The molecule has 6 rings (SSSR count). The summed E-state index contributed by atoms with van der Waals surface area (Å²) in [6.45, 7) is 10.1. The molecule has 3 nitrogen and oxygen atoms in total. The smallest absolute Gasteiger partial charge is 0.144 e. The molecule has 0 aliphatic carbocycles. The highest BCUT2D eigenvalue weighted by Gasteiger charge is 2.19. The normalized spacial score (nSPS) is 12.7. The van der Waals surface area contributed by atoms with Gasteiger partial charge in [-0.1, -0.05) is 44.2 Å². The molecule has 0 aliphatic rings. The van der Waals surface area contributed by atoms with Gasteiger partial charge in [-0.05, 0) is 78.7 Å². The Kier molecular flexibility index (Phi) is 4.56. The first-order chi connectivity index (χ1) is 16.7. The third-order valence-corrected chi connectivity index (χ3v) is 7.60. The van der Waals surface area contributed by atoms with Gasteiger partial charge in [0.2, 0.25) is 0 Å². The van der Waals surface area contributed by atoms with E-state index >= 15 is 0 Å². The summed E-state index contributed by atoms with van der Waals surface area (Å²) in [5.41, 5.74) is 10.0. The van der Waals surface area contributed by atoms with Gasteiger partial charge in [-0.2, -0.15) is 0 Å². The molecule has 34 heavy (non-hydrogen) atoms. The lowest BCUT2D eigenvalue weighted by molar-refractivity contribution is 0.670. The molecule has 3 aromatic heterocycles. The minimum absolute atomic E-state index is 0.781. The Morgan fingerprint density at radius 1 is 0.941 bits per heavy atom. The standard InChI is InChI=1S/C30H26N2OS/c1-16(2)23-15-31-25(14-22(23)27-17(3)8-6-9-18(27)4)20-10-7-11-21-28-26(33-29(20)21)13-12-24-30(28)34-19(5)32-24/h6-16H,1-5H3/i16D. The van der Waals surface area contributed by atoms with Crippen molar-refractivity contribution < 1.29 is 5.79 Å². The molecule has 3 aromatic carbocycles. The fourth-order valence-corrected chi connectivity index (χ4v) is 6.00. The summed E-state index contributed by atoms with van der Waals surface area (Å²) >= 11 is 1.70. The van der Waals surface area contributed by atoms with Crippen LogP contribution >= 0.6 is 11.3 Å². The van der Waals surface area contributed by atoms with Crippen LogP contribution in [0, 0.1) is 20.8 Å². The highest BCUT2D eigenvalue weighted by atomic mass is 32.1. The predicted octanol–water partition coefficient (Wildman–Crippen LogP) is 8.97. The van der Waals surface area contributed by atoms with Gasteiger partial charge < -0.3 is 4.42 Å². The van der Waals surface area contributed by atoms with E-state index in [0.717, 1.165) is 59.5 Å². The minimum Gasteiger partial charge on any atom is -0.455 e. The second-order valence-electron chi connectivity index (χ2n) is 9.19. The highest BCUT2D eigenvalue weighted by Crippen LogP contribution is 2.42. The molecule has 6 aromatic rings. The summed E-state index contributed by atoms with van der Waals surface area (Å²) in [5, 5.41) is 3.24. The third-order valence-electron chi connectivity index (χ3n) is 6.59. The number of thiazole rings is 1. The minimum atomic E-state index is -0.781. The lowest BCUT2D eigenvalue weighted by Crippen LogP contribution is -1.99. The molecular weight excluding hydrogens is 436 g/mol. The second-order valence-corrected chi connectivity index (χ2v) is 10.4. The molecule has 0 fully saturated rings. The number of aromatic nitrogens is 2. The monoisotopic (exact) mass is 463 g/mol. The number of hydrogen-bond acceptors (Lipinski definition) is 4. The first-order valence-electron chi connectivity index (χ1n) is 12.0. The number of furan rings is 1. The van der Waals surface area contributed by atoms with Crippen LogP contribution in [-0.4, -0.2) is 9.97 Å². The zero-order valence-electron chi connectivity index (χ0n) is 21.0. The van der Waals surface area contributed by atoms with E-state index in [2.05, 4.69) is 61.3 Å². The van der Waals surface area contributed by atoms with Crippen molar-refractivity contribution in [1.29, 1.82) is 0 Å². The van der Waals surface area contributed by atoms with Gasteiger partial charge in [-0.25, -0.2) is 4.98 Å². The molecule has 0 saturated carbocycles. The van der Waals surface area contributed by atoms with Crippen LogP contribution in [0.25, 0.3) is 54.5 Å². The van der Waals surface area contributed by atoms with E-state index in [0.29, 0.717) is 0 Å². The van der Waals surface area contributed by atoms with Crippen molar-refractivity contribution in [2.45, 2.75) is 40.5 Å². The lowest BCUT2D eigenvalue weighted by atomic mass is 9.88. The van der Waals surface area contributed by atoms with E-state index < -0.39 is 5.89 Å². The molecule has 0 atom stereocenters. The van der Waals surface area contributed by atoms with Crippen LogP contribution in [0.4, 0.5) is 0 Å². The number of aryl methyl sites for hydroxylation is 3. The van der Waals surface area contributed by atoms with Gasteiger partial charge in [0.15, 0.2) is 0 Å². The van der Waals surface area contributed by atoms with Crippen LogP contribution < -0.4 is 0 Å². The van der Waals surface area contributed by atoms with Crippen molar-refractivity contribution in [2.24, 2.45) is 0 Å². The van der Waals surface area contributed by atoms with Crippen molar-refractivity contribution in [2.75, 3.05) is 0 Å². The van der Waals surface area contributed by atoms with Crippen LogP contribution in [0.2, 0.25) is 0 Å². The Morgan fingerprint density at radius 3 is 2.47 bits per heavy atom. The maximum atomic E-state index is 8.80. The van der Waals surface area contributed by atoms with E-state index in [1.807, 2.05) is 39.1 Å². The second kappa shape index (κ2) is 7.78. The Balaban J connectivity index is 1.65. The number of nitrogens with zero attached hydrogens (tertiary/aromatic N) is 2. The first-order valence-corrected chi connectivity index (χ1v) is 12.3. The molecular formula is C30H26N2OS. The SMILES string of the molecule is [2H]C(C)(C)c1cnc(-c2cccc3c2oc2ccc4nc(C)sc4c23)cc1-c1c(C)cccc1C. The molecule has 168 valence electrons. The van der Waals surface area contributed by atoms with Crippen LogP contribution in [0.3, 0.4) is 0 Å². The zero-order chi connectivity index (χ0) is 24.5. The number of rotatable bonds is 3. The van der Waals surface area contributed by atoms with Gasteiger partial charge in [0, 0.05) is 23.9 Å². The maximum absolute atomic E-state index is 8.80. The summed E-state index contributed by atoms with van der Waals surface area (Å²) in [4.78, 5) is 9.53. The quantitative estimate of drug-likeness (QED) is 0.263. The number of para-hydroxylation sites is 1. The molecule has 0 unspecified atom stereocenters. The Hall–Kier alpha value is -3.50. The molecule has 0 radical (unpaired) electrons. The van der Waals surface area contributed by atoms with E-state index in [9.17, 15) is 0 Å². The van der Waals surface area contributed by atoms with Crippen molar-refractivity contribution in [1.82, 2.24) is 9.97 Å². The van der Waals surface area contributed by atoms with Gasteiger partial charge in [0.1, 0.15) is 11.2 Å². The molecule has 4 heteroatoms. The fourth-order valence-electron chi connectivity index (χ4n) is 5.03. The van der Waals surface area contributed by atoms with Crippen molar-refractivity contribution in [3.8, 4) is 22.4 Å². The van der Waals surface area contributed by atoms with E-state index in [4.69, 9.17) is 10.8 Å². The topological polar surface area (TPSA) is 38.9 Å². The third kappa shape index (κ3) is 3.17. The van der Waals surface area contributed by atoms with Crippen LogP contribution in [0.5, 0.6) is 0 Å². The number of hydrogen-bond donors (Lipinski definition) is 0. The van der Waals surface area contributed by atoms with Crippen LogP contribution in [-0.2, 0) is 0 Å². The molecule has 0 amide bonds. The van der Waals surface area contributed by atoms with Crippen LogP contribution in [0.1, 0.15) is 42.8 Å². The maximum Gasteiger partial charge on any atom is 0.144 e. The van der Waals surface area contributed by atoms with E-state index in [-0.39, 0.29) is 0 Å². The highest BCUT2D eigenvalue weighted by molar-refractivity contribution is 7.19. The van der Waals surface area contributed by atoms with Gasteiger partial charge in [0.05, 0.1) is 20.9 Å². The van der Waals surface area contributed by atoms with Crippen LogP contribution in [0.15, 0.2) is 65.2 Å². The molecule has 0 spiro atoms. The van der Waals surface area contributed by atoms with Gasteiger partial charge in [0.25, 0.3) is 0 Å². The van der Waals surface area contributed by atoms with Crippen molar-refractivity contribution in [3.63, 3.8) is 0 Å². The summed E-state index contributed by atoms with van der Waals surface area (Å²) in [6.07, 6.45) is 1.87. The Bertz CT molecular complexity index is 1750. The number of pyridine rings is 1. The average molecular weight is 464 g/mol. The summed E-state index contributed by atoms with van der Waals surface area (Å²) in [6, 6.07) is 18.8. The predicted molar refractivity (Wildman–Crippen MR) is 144 cm³/mol. The summed E-state index contributed by atoms with van der Waals surface area (Å²) in [5.74, 6) is -0.781. The lowest BCUT2D eigenvalue weighted by Gasteiger charge is -2.18. The Labute approximate surface area is 204 Å². The number of fused-ring (bicyclic) bond motifs is 5. The summed E-state index contributed by atoms with van der Waals surface area (Å²) < 4.78 is 16.4. The van der Waals surface area contributed by atoms with Gasteiger partial charge in [-0.3, -0.25) is 4.98 Å².